The predicted octanol–water partition coefficient (Wildman–Crippen LogP) is 6.79. The molecule has 2 aromatic carbocycles. The number of carbonyl (C=O) groups is 2. The van der Waals surface area contributed by atoms with Gasteiger partial charge in [0.2, 0.25) is 0 Å². The van der Waals surface area contributed by atoms with E-state index in [-0.39, 0.29) is 24.1 Å². The molecule has 4 rings (SSSR count). The fraction of sp³-hybridized carbons (Fsp3) is 0.469. The Balaban J connectivity index is 1.82. The molecule has 0 aromatic heterocycles. The highest BCUT2D eigenvalue weighted by atomic mass is 79.9. The van der Waals surface area contributed by atoms with Crippen LogP contribution in [0.25, 0.3) is 0 Å². The predicted molar refractivity (Wildman–Crippen MR) is 161 cm³/mol. The van der Waals surface area contributed by atoms with Gasteiger partial charge in [0.15, 0.2) is 28.8 Å². The highest BCUT2D eigenvalue weighted by Crippen LogP contribution is 2.49. The lowest BCUT2D eigenvalue weighted by molar-refractivity contribution is -0.146. The van der Waals surface area contributed by atoms with Crippen LogP contribution in [0.1, 0.15) is 69.4 Å². The summed E-state index contributed by atoms with van der Waals surface area (Å²) < 4.78 is 28.7. The summed E-state index contributed by atoms with van der Waals surface area (Å²) in [5.74, 6) is 0.512. The number of hydrogen-bond acceptors (Lipinski definition) is 8. The molecule has 41 heavy (non-hydrogen) atoms. The number of aliphatic imine (C=N–C) groups is 1. The first-order valence-corrected chi connectivity index (χ1v) is 14.8. The lowest BCUT2D eigenvalue weighted by Crippen LogP contribution is -2.38. The van der Waals surface area contributed by atoms with Gasteiger partial charge in [0.05, 0.1) is 39.0 Å². The van der Waals surface area contributed by atoms with Crippen LogP contribution in [-0.4, -0.2) is 52.0 Å². The molecule has 0 fully saturated rings. The van der Waals surface area contributed by atoms with Gasteiger partial charge in [-0.05, 0) is 83.9 Å². The Hall–Kier alpha value is -3.33. The third kappa shape index (κ3) is 6.30. The topological polar surface area (TPSA) is 92.7 Å². The summed E-state index contributed by atoms with van der Waals surface area (Å²) in [5.41, 5.74) is 3.62. The largest absolute Gasteiger partial charge is 0.493 e. The molecule has 0 saturated carbocycles. The van der Waals surface area contributed by atoms with Crippen molar-refractivity contribution in [2.45, 2.75) is 58.3 Å². The Labute approximate surface area is 250 Å². The van der Waals surface area contributed by atoms with Crippen molar-refractivity contribution in [2.75, 3.05) is 34.5 Å². The number of carbonyl (C=O) groups excluding carboxylic acids is 2. The molecule has 2 aromatic rings. The maximum absolute atomic E-state index is 14.0. The Morgan fingerprint density at radius 1 is 0.976 bits per heavy atom. The first kappa shape index (κ1) is 30.6. The van der Waals surface area contributed by atoms with Crippen molar-refractivity contribution < 1.29 is 33.3 Å². The lowest BCUT2D eigenvalue weighted by Gasteiger charge is -2.37. The highest BCUT2D eigenvalue weighted by Gasteiger charge is 2.45. The number of esters is 1. The molecule has 220 valence electrons. The molecule has 2 aliphatic rings. The van der Waals surface area contributed by atoms with E-state index in [0.29, 0.717) is 64.1 Å². The summed E-state index contributed by atoms with van der Waals surface area (Å²) in [4.78, 5) is 32.5. The minimum Gasteiger partial charge on any atom is -0.493 e. The summed E-state index contributed by atoms with van der Waals surface area (Å²) in [6.45, 7) is 6.53. The molecule has 1 aliphatic heterocycles. The maximum atomic E-state index is 14.0. The zero-order valence-corrected chi connectivity index (χ0v) is 26.1. The molecule has 1 aliphatic carbocycles. The second-order valence-electron chi connectivity index (χ2n) is 10.2. The SMILES string of the molecule is CCCCOC(=O)C1C(C)=NC2=C(C(=O)C[C@@H](c3ccc(OC)c(OC)c3)C2)[C@H]1c1cc(Br)c(OC)c(OCC)c1. The molecule has 0 N–H and O–H groups in total. The number of nitrogens with zero attached hydrogens (tertiary/aromatic N) is 1. The second-order valence-corrected chi connectivity index (χ2v) is 11.1. The van der Waals surface area contributed by atoms with Gasteiger partial charge in [0.1, 0.15) is 5.92 Å². The van der Waals surface area contributed by atoms with Gasteiger partial charge in [-0.1, -0.05) is 19.4 Å². The Morgan fingerprint density at radius 2 is 1.71 bits per heavy atom. The number of unbranched alkanes of at least 4 members (excludes halogenated alkanes) is 1. The first-order chi connectivity index (χ1) is 19.8. The van der Waals surface area contributed by atoms with Crippen molar-refractivity contribution in [1.29, 1.82) is 0 Å². The van der Waals surface area contributed by atoms with E-state index in [2.05, 4.69) is 15.9 Å². The van der Waals surface area contributed by atoms with Gasteiger partial charge in [-0.15, -0.1) is 0 Å². The van der Waals surface area contributed by atoms with Gasteiger partial charge < -0.3 is 23.7 Å². The zero-order valence-electron chi connectivity index (χ0n) is 24.5. The molecule has 0 radical (unpaired) electrons. The van der Waals surface area contributed by atoms with Crippen molar-refractivity contribution >= 4 is 33.4 Å². The minimum absolute atomic E-state index is 0.0384. The Kier molecular flexibility index (Phi) is 10.1. The molecule has 0 bridgehead atoms. The number of Topliss-reactive ketones (excluding diaryl/α,β-unsaturated/α-hetero) is 1. The van der Waals surface area contributed by atoms with Crippen LogP contribution in [0.2, 0.25) is 0 Å². The van der Waals surface area contributed by atoms with Crippen LogP contribution in [0.4, 0.5) is 0 Å². The second kappa shape index (κ2) is 13.6. The van der Waals surface area contributed by atoms with Gasteiger partial charge in [-0.2, -0.15) is 0 Å². The van der Waals surface area contributed by atoms with Crippen molar-refractivity contribution in [3.8, 4) is 23.0 Å². The fourth-order valence-electron chi connectivity index (χ4n) is 5.70. The summed E-state index contributed by atoms with van der Waals surface area (Å²) in [7, 11) is 4.76. The summed E-state index contributed by atoms with van der Waals surface area (Å²) >= 11 is 3.61. The monoisotopic (exact) mass is 627 g/mol. The van der Waals surface area contributed by atoms with Gasteiger partial charge in [0, 0.05) is 29.3 Å². The van der Waals surface area contributed by atoms with E-state index in [1.54, 1.807) is 21.3 Å². The van der Waals surface area contributed by atoms with Crippen LogP contribution >= 0.6 is 15.9 Å². The number of benzene rings is 2. The third-order valence-corrected chi connectivity index (χ3v) is 8.25. The van der Waals surface area contributed by atoms with Crippen LogP contribution in [0.15, 0.2) is 51.1 Å². The van der Waals surface area contributed by atoms with Gasteiger partial charge >= 0.3 is 5.97 Å². The molecule has 0 saturated heterocycles. The number of allylic oxidation sites excluding steroid dienone is 2. The van der Waals surface area contributed by atoms with Crippen LogP contribution in [0.3, 0.4) is 0 Å². The normalized spacial score (nSPS) is 20.2. The average Bonchev–Trinajstić information content (AvgIpc) is 2.96. The van der Waals surface area contributed by atoms with E-state index in [4.69, 9.17) is 28.7 Å². The average molecular weight is 629 g/mol. The lowest BCUT2D eigenvalue weighted by atomic mass is 9.69. The van der Waals surface area contributed by atoms with Crippen molar-refractivity contribution in [3.05, 3.63) is 57.2 Å². The number of rotatable bonds is 11. The van der Waals surface area contributed by atoms with E-state index in [0.717, 1.165) is 24.0 Å². The zero-order chi connectivity index (χ0) is 29.7. The molecular formula is C32H38BrNO7. The van der Waals surface area contributed by atoms with Crippen LogP contribution < -0.4 is 18.9 Å². The smallest absolute Gasteiger partial charge is 0.315 e. The van der Waals surface area contributed by atoms with Gasteiger partial charge in [-0.3, -0.25) is 14.6 Å². The van der Waals surface area contributed by atoms with E-state index < -0.39 is 11.8 Å². The number of ether oxygens (including phenoxy) is 5. The summed E-state index contributed by atoms with van der Waals surface area (Å²) in [5, 5.41) is 0. The highest BCUT2D eigenvalue weighted by molar-refractivity contribution is 9.10. The van der Waals surface area contributed by atoms with Crippen molar-refractivity contribution in [3.63, 3.8) is 0 Å². The van der Waals surface area contributed by atoms with Crippen LogP contribution in [0, 0.1) is 5.92 Å². The molecule has 8 nitrogen and oxygen atoms in total. The van der Waals surface area contributed by atoms with E-state index in [9.17, 15) is 9.59 Å². The number of halogens is 1. The third-order valence-electron chi connectivity index (χ3n) is 7.66. The van der Waals surface area contributed by atoms with Crippen molar-refractivity contribution in [2.24, 2.45) is 10.9 Å². The Morgan fingerprint density at radius 3 is 2.37 bits per heavy atom. The molecular weight excluding hydrogens is 590 g/mol. The molecule has 1 heterocycles. The van der Waals surface area contributed by atoms with Crippen LogP contribution in [-0.2, 0) is 14.3 Å². The number of methoxy groups -OCH3 is 3. The number of hydrogen-bond donors (Lipinski definition) is 0. The van der Waals surface area contributed by atoms with Gasteiger partial charge in [0.25, 0.3) is 0 Å². The molecule has 1 unspecified atom stereocenters. The quantitative estimate of drug-likeness (QED) is 0.200. The first-order valence-electron chi connectivity index (χ1n) is 14.0. The molecule has 9 heteroatoms. The minimum atomic E-state index is -0.734. The Bertz CT molecular complexity index is 1370. The molecule has 3 atom stereocenters. The number of ketones is 1. The van der Waals surface area contributed by atoms with Gasteiger partial charge in [-0.25, -0.2) is 0 Å². The molecule has 0 amide bonds. The maximum Gasteiger partial charge on any atom is 0.315 e. The molecule has 0 spiro atoms. The van der Waals surface area contributed by atoms with E-state index >= 15 is 0 Å². The van der Waals surface area contributed by atoms with E-state index in [1.165, 1.54) is 0 Å². The van der Waals surface area contributed by atoms with E-state index in [1.807, 2.05) is 51.1 Å². The summed E-state index contributed by atoms with van der Waals surface area (Å²) in [6, 6.07) is 9.50. The van der Waals surface area contributed by atoms with Crippen LogP contribution in [0.5, 0.6) is 23.0 Å². The fourth-order valence-corrected chi connectivity index (χ4v) is 6.32. The van der Waals surface area contributed by atoms with Crippen molar-refractivity contribution in [1.82, 2.24) is 0 Å². The summed E-state index contributed by atoms with van der Waals surface area (Å²) in [6.07, 6.45) is 2.51. The standard InChI is InChI=1S/C32H38BrNO7/c1-7-9-12-41-32(36)28-18(3)34-23-14-20(19-10-11-25(37-4)26(16-19)38-5)15-24(35)30(23)29(28)21-13-22(33)31(39-6)27(17-21)40-8-2/h10-11,13,16-17,20,28-29H,7-9,12,14-15H2,1-6H3/t20-,28?,29-/m0/s1.